The van der Waals surface area contributed by atoms with E-state index in [9.17, 15) is 21.6 Å². The summed E-state index contributed by atoms with van der Waals surface area (Å²) in [5.41, 5.74) is 2.96. The summed E-state index contributed by atoms with van der Waals surface area (Å²) in [6, 6.07) is 15.0. The van der Waals surface area contributed by atoms with Gasteiger partial charge in [-0.1, -0.05) is 17.3 Å². The smallest absolute Gasteiger partial charge is 0.406 e. The molecule has 0 N–H and O–H groups in total. The SMILES string of the molecule is Cc1nc(-c2cc(-c3ccc(OC(F)(F)F)cc3)on2)nn1Cc1cccc(N2CCC(S(C)(=O)=O)CC2)c1. The Morgan fingerprint density at radius 2 is 1.79 bits per heavy atom. The molecule has 206 valence electrons. The van der Waals surface area contributed by atoms with Crippen LogP contribution < -0.4 is 9.64 Å². The predicted molar refractivity (Wildman–Crippen MR) is 138 cm³/mol. The van der Waals surface area contributed by atoms with Crippen LogP contribution in [0.1, 0.15) is 24.2 Å². The third-order valence-electron chi connectivity index (χ3n) is 6.62. The number of rotatable bonds is 7. The van der Waals surface area contributed by atoms with Crippen LogP contribution in [0.15, 0.2) is 59.1 Å². The normalized spacial score (nSPS) is 15.1. The number of hydrogen-bond donors (Lipinski definition) is 0. The molecule has 2 aromatic carbocycles. The van der Waals surface area contributed by atoms with Gasteiger partial charge in [0.2, 0.25) is 5.82 Å². The number of halogens is 3. The number of ether oxygens (including phenoxy) is 1. The minimum atomic E-state index is -4.76. The van der Waals surface area contributed by atoms with Gasteiger partial charge >= 0.3 is 6.36 Å². The van der Waals surface area contributed by atoms with Crippen molar-refractivity contribution in [2.75, 3.05) is 24.2 Å². The molecular formula is C26H26F3N5O4S. The summed E-state index contributed by atoms with van der Waals surface area (Å²) in [4.78, 5) is 6.70. The molecule has 13 heteroatoms. The fourth-order valence-electron chi connectivity index (χ4n) is 4.58. The van der Waals surface area contributed by atoms with Crippen molar-refractivity contribution in [3.63, 3.8) is 0 Å². The van der Waals surface area contributed by atoms with Gasteiger partial charge in [-0.05, 0) is 61.7 Å². The highest BCUT2D eigenvalue weighted by atomic mass is 32.2. The molecule has 0 unspecified atom stereocenters. The quantitative estimate of drug-likeness (QED) is 0.315. The molecule has 0 aliphatic carbocycles. The summed E-state index contributed by atoms with van der Waals surface area (Å²) in [5, 5.41) is 8.32. The van der Waals surface area contributed by atoms with E-state index in [2.05, 4.69) is 30.9 Å². The summed E-state index contributed by atoms with van der Waals surface area (Å²) < 4.78 is 71.9. The number of hydrogen-bond acceptors (Lipinski definition) is 8. The van der Waals surface area contributed by atoms with Crippen molar-refractivity contribution in [1.29, 1.82) is 0 Å². The van der Waals surface area contributed by atoms with E-state index in [0.717, 1.165) is 11.3 Å². The third-order valence-corrected chi connectivity index (χ3v) is 8.31. The second-order valence-corrected chi connectivity index (χ2v) is 11.8. The lowest BCUT2D eigenvalue weighted by Crippen LogP contribution is -2.39. The molecule has 0 atom stereocenters. The molecule has 1 saturated heterocycles. The zero-order chi connectivity index (χ0) is 27.8. The number of nitrogens with zero attached hydrogens (tertiary/aromatic N) is 5. The molecule has 4 aromatic rings. The molecule has 0 spiro atoms. The van der Waals surface area contributed by atoms with E-state index in [-0.39, 0.29) is 11.0 Å². The van der Waals surface area contributed by atoms with Crippen LogP contribution in [0.25, 0.3) is 22.8 Å². The van der Waals surface area contributed by atoms with Crippen LogP contribution in [-0.4, -0.2) is 59.3 Å². The summed E-state index contributed by atoms with van der Waals surface area (Å²) in [6.07, 6.45) is -2.24. The van der Waals surface area contributed by atoms with Gasteiger partial charge in [-0.15, -0.1) is 18.3 Å². The van der Waals surface area contributed by atoms with Gasteiger partial charge in [-0.3, -0.25) is 0 Å². The van der Waals surface area contributed by atoms with Crippen molar-refractivity contribution in [3.05, 3.63) is 66.0 Å². The van der Waals surface area contributed by atoms with E-state index < -0.39 is 16.2 Å². The van der Waals surface area contributed by atoms with Gasteiger partial charge in [0.05, 0.1) is 11.8 Å². The second kappa shape index (κ2) is 10.4. The maximum Gasteiger partial charge on any atom is 0.573 e. The van der Waals surface area contributed by atoms with E-state index in [1.54, 1.807) is 10.7 Å². The lowest BCUT2D eigenvalue weighted by Gasteiger charge is -2.33. The van der Waals surface area contributed by atoms with Gasteiger partial charge in [0.15, 0.2) is 11.5 Å². The lowest BCUT2D eigenvalue weighted by atomic mass is 10.1. The van der Waals surface area contributed by atoms with Crippen LogP contribution in [-0.2, 0) is 16.4 Å². The van der Waals surface area contributed by atoms with Gasteiger partial charge in [0.1, 0.15) is 21.4 Å². The number of aromatic nitrogens is 4. The van der Waals surface area contributed by atoms with Gasteiger partial charge < -0.3 is 14.2 Å². The van der Waals surface area contributed by atoms with Crippen LogP contribution in [0, 0.1) is 6.92 Å². The number of anilines is 1. The molecule has 1 aliphatic heterocycles. The molecule has 3 heterocycles. The highest BCUT2D eigenvalue weighted by molar-refractivity contribution is 7.91. The van der Waals surface area contributed by atoms with Gasteiger partial charge in [-0.2, -0.15) is 0 Å². The second-order valence-electron chi connectivity index (χ2n) is 9.47. The molecule has 2 aromatic heterocycles. The van der Waals surface area contributed by atoms with E-state index >= 15 is 0 Å². The largest absolute Gasteiger partial charge is 0.573 e. The van der Waals surface area contributed by atoms with Crippen LogP contribution in [0.3, 0.4) is 0 Å². The highest BCUT2D eigenvalue weighted by Gasteiger charge is 2.31. The molecule has 0 bridgehead atoms. The minimum Gasteiger partial charge on any atom is -0.406 e. The number of alkyl halides is 3. The first kappa shape index (κ1) is 26.7. The topological polar surface area (TPSA) is 103 Å². The monoisotopic (exact) mass is 561 g/mol. The standard InChI is InChI=1S/C26H26F3N5O4S/c1-17-30-25(23-15-24(38-32-23)19-6-8-21(9-7-19)37-26(27,28)29)31-34(17)16-18-4-3-5-20(14-18)33-12-10-22(11-13-33)39(2,35)36/h3-9,14-15,22H,10-13,16H2,1-2H3. The average molecular weight is 562 g/mol. The zero-order valence-electron chi connectivity index (χ0n) is 21.2. The average Bonchev–Trinajstić information content (AvgIpc) is 3.51. The van der Waals surface area contributed by atoms with Crippen molar-refractivity contribution in [1.82, 2.24) is 19.9 Å². The molecule has 1 aliphatic rings. The van der Waals surface area contributed by atoms with E-state index in [1.165, 1.54) is 30.5 Å². The van der Waals surface area contributed by atoms with Gasteiger partial charge in [0, 0.05) is 36.7 Å². The van der Waals surface area contributed by atoms with Crippen LogP contribution >= 0.6 is 0 Å². The van der Waals surface area contributed by atoms with Crippen LogP contribution in [0.4, 0.5) is 18.9 Å². The zero-order valence-corrected chi connectivity index (χ0v) is 22.0. The van der Waals surface area contributed by atoms with E-state index in [4.69, 9.17) is 4.52 Å². The van der Waals surface area contributed by atoms with Gasteiger partial charge in [-0.25, -0.2) is 18.1 Å². The van der Waals surface area contributed by atoms with Crippen LogP contribution in [0.2, 0.25) is 0 Å². The predicted octanol–water partition coefficient (Wildman–Crippen LogP) is 4.87. The Balaban J connectivity index is 1.27. The van der Waals surface area contributed by atoms with Crippen molar-refractivity contribution < 1.29 is 30.8 Å². The Labute approximate surface area is 223 Å². The molecule has 9 nitrogen and oxygen atoms in total. The summed E-state index contributed by atoms with van der Waals surface area (Å²) in [5.74, 6) is 1.05. The lowest BCUT2D eigenvalue weighted by molar-refractivity contribution is -0.274. The molecule has 0 saturated carbocycles. The van der Waals surface area contributed by atoms with Crippen molar-refractivity contribution in [2.45, 2.75) is 37.9 Å². The maximum absolute atomic E-state index is 12.4. The van der Waals surface area contributed by atoms with Crippen molar-refractivity contribution in [3.8, 4) is 28.6 Å². The molecule has 1 fully saturated rings. The first-order chi connectivity index (χ1) is 18.4. The fourth-order valence-corrected chi connectivity index (χ4v) is 5.65. The van der Waals surface area contributed by atoms with Crippen molar-refractivity contribution in [2.24, 2.45) is 0 Å². The Hall–Kier alpha value is -3.87. The Morgan fingerprint density at radius 3 is 2.46 bits per heavy atom. The number of benzene rings is 2. The third kappa shape index (κ3) is 6.41. The summed E-state index contributed by atoms with van der Waals surface area (Å²) in [6.45, 7) is 3.66. The minimum absolute atomic E-state index is 0.284. The van der Waals surface area contributed by atoms with Gasteiger partial charge in [0.25, 0.3) is 0 Å². The van der Waals surface area contributed by atoms with Crippen LogP contribution in [0.5, 0.6) is 5.75 Å². The Kier molecular flexibility index (Phi) is 7.10. The number of sulfone groups is 1. The molecular weight excluding hydrogens is 535 g/mol. The Morgan fingerprint density at radius 1 is 1.08 bits per heavy atom. The number of aryl methyl sites for hydroxylation is 1. The first-order valence-electron chi connectivity index (χ1n) is 12.2. The highest BCUT2D eigenvalue weighted by Crippen LogP contribution is 2.29. The molecule has 0 amide bonds. The molecule has 0 radical (unpaired) electrons. The van der Waals surface area contributed by atoms with E-state index in [0.29, 0.717) is 61.1 Å². The maximum atomic E-state index is 12.4. The number of piperidine rings is 1. The Bertz CT molecular complexity index is 1560. The summed E-state index contributed by atoms with van der Waals surface area (Å²) in [7, 11) is -3.03. The molecule has 5 rings (SSSR count). The fraction of sp³-hybridized carbons (Fsp3) is 0.346. The summed E-state index contributed by atoms with van der Waals surface area (Å²) >= 11 is 0. The molecule has 39 heavy (non-hydrogen) atoms. The first-order valence-corrected chi connectivity index (χ1v) is 14.2. The van der Waals surface area contributed by atoms with E-state index in [1.807, 2.05) is 25.1 Å². The van der Waals surface area contributed by atoms with Crippen molar-refractivity contribution >= 4 is 15.5 Å².